The topological polar surface area (TPSA) is 26.0 Å². The molecule has 20 heavy (non-hydrogen) atoms. The van der Waals surface area contributed by atoms with E-state index in [9.17, 15) is 17.6 Å². The lowest BCUT2D eigenvalue weighted by Gasteiger charge is -2.15. The summed E-state index contributed by atoms with van der Waals surface area (Å²) in [5.74, 6) is -0.461. The molecule has 1 atom stereocenters. The van der Waals surface area contributed by atoms with Gasteiger partial charge in [-0.2, -0.15) is 13.2 Å². The van der Waals surface area contributed by atoms with Crippen LogP contribution in [0.2, 0.25) is 0 Å². The van der Waals surface area contributed by atoms with E-state index in [0.29, 0.717) is 5.56 Å². The Morgan fingerprint density at radius 3 is 2.10 bits per heavy atom. The van der Waals surface area contributed by atoms with E-state index >= 15 is 0 Å². The molecule has 5 heteroatoms. The molecule has 0 aliphatic heterocycles. The molecule has 0 aromatic heterocycles. The van der Waals surface area contributed by atoms with Crippen LogP contribution in [-0.2, 0) is 6.18 Å². The first-order chi connectivity index (χ1) is 9.29. The van der Waals surface area contributed by atoms with E-state index in [2.05, 4.69) is 0 Å². The highest BCUT2D eigenvalue weighted by molar-refractivity contribution is 5.35. The van der Waals surface area contributed by atoms with Gasteiger partial charge in [-0.05, 0) is 36.2 Å². The molecule has 2 aromatic rings. The van der Waals surface area contributed by atoms with Crippen LogP contribution in [0.5, 0.6) is 0 Å². The van der Waals surface area contributed by atoms with Crippen LogP contribution < -0.4 is 5.73 Å². The van der Waals surface area contributed by atoms with Gasteiger partial charge in [0.05, 0.1) is 11.6 Å². The molecule has 0 aliphatic carbocycles. The Morgan fingerprint density at radius 1 is 1.00 bits per heavy atom. The molecule has 0 spiro atoms. The van der Waals surface area contributed by atoms with E-state index in [0.717, 1.165) is 17.7 Å². The van der Waals surface area contributed by atoms with Gasteiger partial charge in [0.15, 0.2) is 0 Å². The molecule has 1 nitrogen and oxygen atoms in total. The predicted octanol–water partition coefficient (Wildman–Crippen LogP) is 4.20. The maximum absolute atomic E-state index is 13.8. The van der Waals surface area contributed by atoms with Crippen molar-refractivity contribution in [3.8, 4) is 0 Å². The normalized spacial score (nSPS) is 13.3. The Balaban J connectivity index is 2.31. The van der Waals surface area contributed by atoms with Crippen LogP contribution >= 0.6 is 0 Å². The highest BCUT2D eigenvalue weighted by Crippen LogP contribution is 2.31. The maximum Gasteiger partial charge on any atom is 0.416 e. The summed E-state index contributed by atoms with van der Waals surface area (Å²) in [6.45, 7) is 1.75. The van der Waals surface area contributed by atoms with E-state index in [4.69, 9.17) is 5.73 Å². The monoisotopic (exact) mass is 283 g/mol. The SMILES string of the molecule is Cc1ccc(C(N)c2ccc(C(F)(F)F)cc2)c(F)c1. The maximum atomic E-state index is 13.8. The summed E-state index contributed by atoms with van der Waals surface area (Å²) in [4.78, 5) is 0. The summed E-state index contributed by atoms with van der Waals surface area (Å²) in [6, 6.07) is 8.24. The molecule has 2 rings (SSSR count). The quantitative estimate of drug-likeness (QED) is 0.821. The lowest BCUT2D eigenvalue weighted by molar-refractivity contribution is -0.137. The van der Waals surface area contributed by atoms with E-state index in [1.54, 1.807) is 19.1 Å². The molecule has 0 amide bonds. The van der Waals surface area contributed by atoms with E-state index < -0.39 is 23.6 Å². The molecule has 0 heterocycles. The van der Waals surface area contributed by atoms with Crippen molar-refractivity contribution in [1.82, 2.24) is 0 Å². The number of alkyl halides is 3. The molecule has 2 N–H and O–H groups in total. The minimum absolute atomic E-state index is 0.260. The number of hydrogen-bond acceptors (Lipinski definition) is 1. The number of rotatable bonds is 2. The second-order valence-corrected chi connectivity index (χ2v) is 4.62. The zero-order valence-corrected chi connectivity index (χ0v) is 10.7. The van der Waals surface area contributed by atoms with Gasteiger partial charge in [-0.1, -0.05) is 24.3 Å². The van der Waals surface area contributed by atoms with Gasteiger partial charge in [0.1, 0.15) is 5.82 Å². The van der Waals surface area contributed by atoms with Crippen LogP contribution in [0.3, 0.4) is 0 Å². The summed E-state index contributed by atoms with van der Waals surface area (Å²) in [6.07, 6.45) is -4.39. The Bertz CT molecular complexity index is 602. The minimum Gasteiger partial charge on any atom is -0.320 e. The number of aryl methyl sites for hydroxylation is 1. The summed E-state index contributed by atoms with van der Waals surface area (Å²) >= 11 is 0. The largest absolute Gasteiger partial charge is 0.416 e. The van der Waals surface area contributed by atoms with Gasteiger partial charge in [-0.15, -0.1) is 0 Å². The zero-order valence-electron chi connectivity index (χ0n) is 10.7. The molecule has 0 radical (unpaired) electrons. The van der Waals surface area contributed by atoms with E-state index in [1.807, 2.05) is 0 Å². The van der Waals surface area contributed by atoms with Crippen molar-refractivity contribution in [3.05, 3.63) is 70.5 Å². The molecule has 0 bridgehead atoms. The Morgan fingerprint density at radius 2 is 1.60 bits per heavy atom. The van der Waals surface area contributed by atoms with E-state index in [-0.39, 0.29) is 5.56 Å². The summed E-state index contributed by atoms with van der Waals surface area (Å²) in [5, 5.41) is 0. The van der Waals surface area contributed by atoms with Crippen LogP contribution in [0, 0.1) is 12.7 Å². The Kier molecular flexibility index (Phi) is 3.81. The molecule has 1 unspecified atom stereocenters. The Labute approximate surface area is 114 Å². The first-order valence-corrected chi connectivity index (χ1v) is 5.98. The fourth-order valence-electron chi connectivity index (χ4n) is 1.94. The molecule has 0 fully saturated rings. The predicted molar refractivity (Wildman–Crippen MR) is 68.6 cm³/mol. The summed E-state index contributed by atoms with van der Waals surface area (Å²) < 4.78 is 51.2. The molecular weight excluding hydrogens is 270 g/mol. The molecule has 2 aromatic carbocycles. The van der Waals surface area contributed by atoms with Crippen molar-refractivity contribution in [2.75, 3.05) is 0 Å². The van der Waals surface area contributed by atoms with Crippen molar-refractivity contribution in [3.63, 3.8) is 0 Å². The first kappa shape index (κ1) is 14.5. The first-order valence-electron chi connectivity index (χ1n) is 5.98. The lowest BCUT2D eigenvalue weighted by Crippen LogP contribution is -2.14. The van der Waals surface area contributed by atoms with Gasteiger partial charge in [0, 0.05) is 5.56 Å². The van der Waals surface area contributed by atoms with Crippen LogP contribution in [0.4, 0.5) is 17.6 Å². The molecular formula is C15H13F4N. The fraction of sp³-hybridized carbons (Fsp3) is 0.200. The van der Waals surface area contributed by atoms with Crippen molar-refractivity contribution in [1.29, 1.82) is 0 Å². The van der Waals surface area contributed by atoms with Crippen molar-refractivity contribution in [2.24, 2.45) is 5.73 Å². The van der Waals surface area contributed by atoms with Gasteiger partial charge in [0.25, 0.3) is 0 Å². The number of halogens is 4. The third-order valence-corrected chi connectivity index (χ3v) is 3.09. The van der Waals surface area contributed by atoms with Crippen molar-refractivity contribution < 1.29 is 17.6 Å². The summed E-state index contributed by atoms with van der Waals surface area (Å²) in [5.41, 5.74) is 6.60. The van der Waals surface area contributed by atoms with Crippen molar-refractivity contribution in [2.45, 2.75) is 19.1 Å². The Hall–Kier alpha value is -1.88. The average Bonchev–Trinajstić information content (AvgIpc) is 2.37. The standard InChI is InChI=1S/C15H13F4N/c1-9-2-7-12(13(16)8-9)14(20)10-3-5-11(6-4-10)15(17,18)19/h2-8,14H,20H2,1H3. The van der Waals surface area contributed by atoms with Crippen molar-refractivity contribution >= 4 is 0 Å². The number of benzene rings is 2. The third kappa shape index (κ3) is 2.99. The van der Waals surface area contributed by atoms with Gasteiger partial charge in [-0.3, -0.25) is 0 Å². The molecule has 0 saturated heterocycles. The van der Waals surface area contributed by atoms with Crippen LogP contribution in [0.1, 0.15) is 28.3 Å². The molecule has 106 valence electrons. The number of nitrogens with two attached hydrogens (primary N) is 1. The third-order valence-electron chi connectivity index (χ3n) is 3.09. The molecule has 0 aliphatic rings. The molecule has 0 saturated carbocycles. The number of hydrogen-bond donors (Lipinski definition) is 1. The minimum atomic E-state index is -4.39. The van der Waals surface area contributed by atoms with Crippen LogP contribution in [0.15, 0.2) is 42.5 Å². The highest BCUT2D eigenvalue weighted by Gasteiger charge is 2.30. The second-order valence-electron chi connectivity index (χ2n) is 4.62. The smallest absolute Gasteiger partial charge is 0.320 e. The van der Waals surface area contributed by atoms with Gasteiger partial charge < -0.3 is 5.73 Å². The van der Waals surface area contributed by atoms with Gasteiger partial charge >= 0.3 is 6.18 Å². The second kappa shape index (κ2) is 5.25. The van der Waals surface area contributed by atoms with Crippen LogP contribution in [-0.4, -0.2) is 0 Å². The van der Waals surface area contributed by atoms with Crippen LogP contribution in [0.25, 0.3) is 0 Å². The zero-order chi connectivity index (χ0) is 14.9. The average molecular weight is 283 g/mol. The van der Waals surface area contributed by atoms with Gasteiger partial charge in [-0.25, -0.2) is 4.39 Å². The van der Waals surface area contributed by atoms with E-state index in [1.165, 1.54) is 18.2 Å². The highest BCUT2D eigenvalue weighted by atomic mass is 19.4. The van der Waals surface area contributed by atoms with Gasteiger partial charge in [0.2, 0.25) is 0 Å². The lowest BCUT2D eigenvalue weighted by atomic mass is 9.97. The summed E-state index contributed by atoms with van der Waals surface area (Å²) in [7, 11) is 0. The fourth-order valence-corrected chi connectivity index (χ4v) is 1.94.